The summed E-state index contributed by atoms with van der Waals surface area (Å²) in [6.45, 7) is 7.03. The summed E-state index contributed by atoms with van der Waals surface area (Å²) in [5, 5.41) is 19.0. The van der Waals surface area contributed by atoms with Crippen LogP contribution in [0.2, 0.25) is 0 Å². The number of aromatic nitrogens is 2. The number of anilines is 2. The maximum atomic E-state index is 11.6. The molecule has 15 heteroatoms. The molecule has 302 valence electrons. The first kappa shape index (κ1) is 40.9. The molecule has 1 N–H and O–H groups in total. The van der Waals surface area contributed by atoms with E-state index in [2.05, 4.69) is 103 Å². The van der Waals surface area contributed by atoms with Crippen molar-refractivity contribution in [2.24, 2.45) is 20.5 Å². The van der Waals surface area contributed by atoms with Crippen molar-refractivity contribution in [2.45, 2.75) is 43.1 Å². The van der Waals surface area contributed by atoms with Gasteiger partial charge in [0.05, 0.1) is 36.7 Å². The second-order valence-electron chi connectivity index (χ2n) is 14.0. The fourth-order valence-corrected chi connectivity index (χ4v) is 9.29. The van der Waals surface area contributed by atoms with Crippen LogP contribution < -0.4 is 9.80 Å². The number of azo groups is 2. The van der Waals surface area contributed by atoms with Gasteiger partial charge in [-0.1, -0.05) is 59.1 Å². The minimum absolute atomic E-state index is 0.119. The summed E-state index contributed by atoms with van der Waals surface area (Å²) in [5.41, 5.74) is 9.62. The van der Waals surface area contributed by atoms with Crippen LogP contribution >= 0.6 is 35.3 Å². The lowest BCUT2D eigenvalue weighted by atomic mass is 10.0. The van der Waals surface area contributed by atoms with Crippen molar-refractivity contribution < 1.29 is 13.0 Å². The van der Waals surface area contributed by atoms with Gasteiger partial charge in [0.1, 0.15) is 0 Å². The maximum Gasteiger partial charge on any atom is 0.294 e. The topological polar surface area (TPSA) is 136 Å². The predicted molar refractivity (Wildman–Crippen MR) is 247 cm³/mol. The van der Waals surface area contributed by atoms with E-state index in [9.17, 15) is 13.0 Å². The van der Waals surface area contributed by atoms with E-state index in [0.29, 0.717) is 29.0 Å². The SMILES string of the molecule is CCN(Cc1cccc(S)c1)c1ccc(N=Nc2nc3ccc(Cc4ccc5nc(N=Nc6ccc(N(CC)Cc7cccc(S(=O)(=O)O)c7)cc6)sc5c4)cc3s2)cc1. The van der Waals surface area contributed by atoms with Crippen LogP contribution in [0.25, 0.3) is 20.4 Å². The number of hydrogen-bond acceptors (Lipinski definition) is 13. The van der Waals surface area contributed by atoms with Gasteiger partial charge in [-0.05, 0) is 140 Å². The summed E-state index contributed by atoms with van der Waals surface area (Å²) in [5.74, 6) is 0. The Morgan fingerprint density at radius 3 is 1.53 bits per heavy atom. The second-order valence-corrected chi connectivity index (χ2v) is 18.0. The molecule has 8 aromatic rings. The van der Waals surface area contributed by atoms with Crippen LogP contribution in [0.5, 0.6) is 0 Å². The third-order valence-corrected chi connectivity index (χ3v) is 12.8. The first-order chi connectivity index (χ1) is 29.1. The van der Waals surface area contributed by atoms with Crippen molar-refractivity contribution >= 4 is 98.9 Å². The standard InChI is InChI=1S/C45H40N8O3S4/c1-3-52(28-32-7-5-9-38(57)24-32)36-17-13-34(14-18-36)48-50-44-46-40-21-11-30(26-42(40)58-44)23-31-12-22-41-43(27-31)59-45(47-41)51-49-35-15-19-37(20-16-35)53(4-2)29-33-8-6-10-39(25-33)60(54,55)56/h5-22,24-27,57H,3-4,23,28-29H2,1-2H3,(H,54,55,56). The molecular formula is C45H40N8O3S4. The van der Waals surface area contributed by atoms with Crippen molar-refractivity contribution in [1.29, 1.82) is 0 Å². The Morgan fingerprint density at radius 1 is 0.583 bits per heavy atom. The van der Waals surface area contributed by atoms with Crippen LogP contribution in [0.3, 0.4) is 0 Å². The molecule has 6 aromatic carbocycles. The van der Waals surface area contributed by atoms with Gasteiger partial charge in [-0.15, -0.1) is 33.1 Å². The fraction of sp³-hybridized carbons (Fsp3) is 0.156. The Bertz CT molecular complexity index is 2950. The quantitative estimate of drug-likeness (QED) is 0.0595. The zero-order valence-electron chi connectivity index (χ0n) is 32.8. The molecule has 0 fully saturated rings. The number of nitrogens with zero attached hydrogens (tertiary/aromatic N) is 8. The van der Waals surface area contributed by atoms with Crippen LogP contribution in [0.4, 0.5) is 33.0 Å². The molecular weight excluding hydrogens is 829 g/mol. The minimum atomic E-state index is -4.27. The van der Waals surface area contributed by atoms with E-state index in [0.717, 1.165) is 67.5 Å². The molecule has 0 radical (unpaired) electrons. The average Bonchev–Trinajstić information content (AvgIpc) is 3.86. The van der Waals surface area contributed by atoms with Crippen molar-refractivity contribution in [3.63, 3.8) is 0 Å². The van der Waals surface area contributed by atoms with E-state index >= 15 is 0 Å². The van der Waals surface area contributed by atoms with E-state index in [4.69, 9.17) is 4.98 Å². The second kappa shape index (κ2) is 18.2. The zero-order chi connectivity index (χ0) is 41.6. The number of thiol groups is 1. The van der Waals surface area contributed by atoms with Gasteiger partial charge in [-0.25, -0.2) is 9.97 Å². The molecule has 0 amide bonds. The van der Waals surface area contributed by atoms with Gasteiger partial charge in [0, 0.05) is 42.4 Å². The van der Waals surface area contributed by atoms with Gasteiger partial charge in [0.2, 0.25) is 10.3 Å². The molecule has 0 saturated carbocycles. The Kier molecular flexibility index (Phi) is 12.4. The highest BCUT2D eigenvalue weighted by Gasteiger charge is 2.13. The van der Waals surface area contributed by atoms with E-state index in [-0.39, 0.29) is 4.90 Å². The highest BCUT2D eigenvalue weighted by molar-refractivity contribution is 7.85. The number of benzene rings is 6. The molecule has 0 aliphatic carbocycles. The lowest BCUT2D eigenvalue weighted by molar-refractivity contribution is 0.483. The van der Waals surface area contributed by atoms with Crippen molar-refractivity contribution in [3.05, 3.63) is 156 Å². The molecule has 8 rings (SSSR count). The first-order valence-corrected chi connectivity index (χ1v) is 22.8. The third-order valence-electron chi connectivity index (χ3n) is 9.84. The maximum absolute atomic E-state index is 11.6. The lowest BCUT2D eigenvalue weighted by Gasteiger charge is -2.23. The highest BCUT2D eigenvalue weighted by atomic mass is 32.2. The Labute approximate surface area is 362 Å². The zero-order valence-corrected chi connectivity index (χ0v) is 36.1. The van der Waals surface area contributed by atoms with Crippen LogP contribution in [0.1, 0.15) is 36.1 Å². The number of rotatable bonds is 15. The molecule has 2 heterocycles. The van der Waals surface area contributed by atoms with Crippen LogP contribution in [0.15, 0.2) is 164 Å². The van der Waals surface area contributed by atoms with Crippen LogP contribution in [0, 0.1) is 0 Å². The summed E-state index contributed by atoms with van der Waals surface area (Å²) >= 11 is 7.50. The molecule has 60 heavy (non-hydrogen) atoms. The molecule has 0 atom stereocenters. The largest absolute Gasteiger partial charge is 0.367 e. The van der Waals surface area contributed by atoms with Crippen molar-refractivity contribution in [1.82, 2.24) is 9.97 Å². The Hall–Kier alpha value is -5.84. The van der Waals surface area contributed by atoms with E-state index in [1.165, 1.54) is 51.5 Å². The molecule has 0 aliphatic heterocycles. The molecule has 2 aromatic heterocycles. The monoisotopic (exact) mass is 868 g/mol. The summed E-state index contributed by atoms with van der Waals surface area (Å²) in [4.78, 5) is 14.6. The Morgan fingerprint density at radius 2 is 1.07 bits per heavy atom. The third kappa shape index (κ3) is 10.1. The van der Waals surface area contributed by atoms with Gasteiger partial charge in [-0.3, -0.25) is 4.55 Å². The summed E-state index contributed by atoms with van der Waals surface area (Å²) < 4.78 is 34.7. The summed E-state index contributed by atoms with van der Waals surface area (Å²) in [6.07, 6.45) is 0.754. The molecule has 0 bridgehead atoms. The van der Waals surface area contributed by atoms with Crippen molar-refractivity contribution in [2.75, 3.05) is 22.9 Å². The van der Waals surface area contributed by atoms with Gasteiger partial charge in [0.25, 0.3) is 10.1 Å². The first-order valence-electron chi connectivity index (χ1n) is 19.3. The van der Waals surface area contributed by atoms with Crippen LogP contribution in [-0.2, 0) is 29.6 Å². The van der Waals surface area contributed by atoms with E-state index in [1.807, 2.05) is 73.7 Å². The predicted octanol–water partition coefficient (Wildman–Crippen LogP) is 12.9. The number of fused-ring (bicyclic) bond motifs is 2. The molecule has 0 spiro atoms. The summed E-state index contributed by atoms with van der Waals surface area (Å²) in [6, 6.07) is 43.0. The molecule has 0 aliphatic rings. The minimum Gasteiger partial charge on any atom is -0.367 e. The smallest absolute Gasteiger partial charge is 0.294 e. The molecule has 0 saturated heterocycles. The van der Waals surface area contributed by atoms with E-state index < -0.39 is 10.1 Å². The average molecular weight is 869 g/mol. The van der Waals surface area contributed by atoms with Gasteiger partial charge < -0.3 is 9.80 Å². The van der Waals surface area contributed by atoms with Gasteiger partial charge >= 0.3 is 0 Å². The molecule has 11 nitrogen and oxygen atoms in total. The Balaban J connectivity index is 0.882. The normalized spacial score (nSPS) is 12.0. The van der Waals surface area contributed by atoms with Crippen molar-refractivity contribution in [3.8, 4) is 0 Å². The summed E-state index contributed by atoms with van der Waals surface area (Å²) in [7, 11) is -4.27. The number of hydrogen-bond donors (Lipinski definition) is 2. The van der Waals surface area contributed by atoms with Gasteiger partial charge in [0.15, 0.2) is 0 Å². The fourth-order valence-electron chi connectivity index (χ4n) is 6.79. The van der Waals surface area contributed by atoms with Crippen LogP contribution in [-0.4, -0.2) is 36.0 Å². The number of thiazole rings is 2. The van der Waals surface area contributed by atoms with Gasteiger partial charge in [-0.2, -0.15) is 8.42 Å². The van der Waals surface area contributed by atoms with E-state index in [1.54, 1.807) is 6.07 Å². The molecule has 0 unspecified atom stereocenters. The lowest BCUT2D eigenvalue weighted by Crippen LogP contribution is -2.22. The highest BCUT2D eigenvalue weighted by Crippen LogP contribution is 2.34.